The Labute approximate surface area is 195 Å². The summed E-state index contributed by atoms with van der Waals surface area (Å²) in [6.45, 7) is 1.39. The van der Waals surface area contributed by atoms with E-state index in [9.17, 15) is 45.6 Å². The average molecular weight is 500 g/mol. The highest BCUT2D eigenvalue weighted by Crippen LogP contribution is 2.43. The minimum absolute atomic E-state index is 0. The van der Waals surface area contributed by atoms with Crippen molar-refractivity contribution in [1.29, 1.82) is 0 Å². The van der Waals surface area contributed by atoms with Gasteiger partial charge in [-0.05, 0) is 19.1 Å². The van der Waals surface area contributed by atoms with E-state index in [0.717, 1.165) is 24.3 Å². The van der Waals surface area contributed by atoms with Crippen LogP contribution in [-0.2, 0) is 4.74 Å². The number of aromatic hydroxyl groups is 5. The molecule has 1 fully saturated rings. The van der Waals surface area contributed by atoms with E-state index in [-0.39, 0.29) is 22.1 Å². The summed E-state index contributed by atoms with van der Waals surface area (Å²) < 4.78 is 16.5. The lowest BCUT2D eigenvalue weighted by Gasteiger charge is -2.38. The Morgan fingerprint density at radius 3 is 2.03 bits per heavy atom. The molecule has 1 aromatic heterocycles. The number of hydrogen-bond acceptors (Lipinski definition) is 12. The highest BCUT2D eigenvalue weighted by atomic mass is 16.7. The van der Waals surface area contributed by atoms with Crippen LogP contribution in [0.2, 0.25) is 0 Å². The molecule has 0 saturated carbocycles. The number of benzene rings is 2. The topological polar surface area (TPSA) is 274 Å². The molecule has 0 spiro atoms. The average Bonchev–Trinajstić information content (AvgIpc) is 2.74. The Kier molecular flexibility index (Phi) is 7.71. The normalized spacial score (nSPS) is 23.8. The summed E-state index contributed by atoms with van der Waals surface area (Å²) in [6.07, 6.45) is -7.59. The van der Waals surface area contributed by atoms with E-state index in [4.69, 9.17) is 13.9 Å². The molecule has 2 heterocycles. The maximum atomic E-state index is 13.2. The van der Waals surface area contributed by atoms with Crippen LogP contribution >= 0.6 is 0 Å². The minimum Gasteiger partial charge on any atom is -0.508 e. The highest BCUT2D eigenvalue weighted by Gasteiger charge is 2.44. The summed E-state index contributed by atoms with van der Waals surface area (Å²) in [6, 6.07) is 3.79. The summed E-state index contributed by atoms with van der Waals surface area (Å²) in [4.78, 5) is 13.2. The molecule has 2 unspecified atom stereocenters. The van der Waals surface area contributed by atoms with E-state index in [1.807, 2.05) is 0 Å². The first-order valence-electron chi connectivity index (χ1n) is 9.64. The molecule has 2 aromatic carbocycles. The molecule has 0 aliphatic carbocycles. The number of rotatable bonds is 3. The van der Waals surface area contributed by atoms with Crippen LogP contribution < -0.4 is 10.2 Å². The molecule has 0 bridgehead atoms. The fourth-order valence-corrected chi connectivity index (χ4v) is 3.53. The van der Waals surface area contributed by atoms with Gasteiger partial charge in [0.1, 0.15) is 40.8 Å². The number of aliphatic hydroxyl groups excluding tert-OH is 3. The van der Waals surface area contributed by atoms with Crippen LogP contribution in [0.1, 0.15) is 6.92 Å². The lowest BCUT2D eigenvalue weighted by molar-refractivity contribution is -0.268. The van der Waals surface area contributed by atoms with Crippen molar-refractivity contribution in [2.45, 2.75) is 37.6 Å². The molecule has 5 atom stereocenters. The van der Waals surface area contributed by atoms with Gasteiger partial charge in [-0.25, -0.2) is 0 Å². The van der Waals surface area contributed by atoms with Gasteiger partial charge in [0.2, 0.25) is 17.5 Å². The molecular weight excluding hydrogens is 476 g/mol. The Morgan fingerprint density at radius 2 is 1.43 bits per heavy atom. The van der Waals surface area contributed by atoms with Gasteiger partial charge < -0.3 is 65.7 Å². The first kappa shape index (κ1) is 27.5. The lowest BCUT2D eigenvalue weighted by Crippen LogP contribution is -2.58. The molecular formula is C21H24O14. The quantitative estimate of drug-likeness (QED) is 0.192. The molecule has 0 radical (unpaired) electrons. The van der Waals surface area contributed by atoms with Crippen LogP contribution in [-0.4, -0.2) is 82.5 Å². The molecule has 12 N–H and O–H groups in total. The molecule has 35 heavy (non-hydrogen) atoms. The summed E-state index contributed by atoms with van der Waals surface area (Å²) in [5.74, 6) is -4.55. The molecule has 14 nitrogen and oxygen atoms in total. The number of aliphatic hydroxyl groups is 3. The van der Waals surface area contributed by atoms with Gasteiger partial charge in [0, 0.05) is 17.7 Å². The molecule has 192 valence electrons. The van der Waals surface area contributed by atoms with Crippen molar-refractivity contribution in [3.63, 3.8) is 0 Å². The highest BCUT2D eigenvalue weighted by molar-refractivity contribution is 5.88. The number of ether oxygens (including phenoxy) is 2. The zero-order chi connectivity index (χ0) is 24.2. The molecule has 1 aliphatic heterocycles. The third kappa shape index (κ3) is 4.61. The van der Waals surface area contributed by atoms with Gasteiger partial charge >= 0.3 is 0 Å². The minimum atomic E-state index is -1.80. The standard InChI is InChI=1S/C21H20O12.2H2O/c1-6-14(26)17(29)18(30)21(31-6)33-20-16(28)13-9(23)4-8(22)5-12(13)32-19(20)7-2-10(24)15(27)11(25)3-7;;/h2-6,14,17-18,21-27,29-30H,1H3;2*1H2/t6?,14-,17-,18?,21-;;/m0../s1. The third-order valence-electron chi connectivity index (χ3n) is 5.29. The molecule has 0 amide bonds. The van der Waals surface area contributed by atoms with E-state index in [1.54, 1.807) is 0 Å². The van der Waals surface area contributed by atoms with E-state index >= 15 is 0 Å². The molecule has 3 aromatic rings. The van der Waals surface area contributed by atoms with Gasteiger partial charge in [-0.3, -0.25) is 4.79 Å². The molecule has 1 saturated heterocycles. The number of phenols is 5. The number of hydrogen-bond donors (Lipinski definition) is 8. The van der Waals surface area contributed by atoms with E-state index in [0.29, 0.717) is 0 Å². The number of fused-ring (bicyclic) bond motifs is 1. The van der Waals surface area contributed by atoms with Crippen LogP contribution in [0.25, 0.3) is 22.3 Å². The largest absolute Gasteiger partial charge is 0.508 e. The van der Waals surface area contributed by atoms with Gasteiger partial charge in [-0.2, -0.15) is 0 Å². The Hall–Kier alpha value is -3.79. The van der Waals surface area contributed by atoms with Gasteiger partial charge in [0.25, 0.3) is 0 Å². The maximum Gasteiger partial charge on any atom is 0.239 e. The van der Waals surface area contributed by atoms with Crippen LogP contribution in [0.15, 0.2) is 33.5 Å². The van der Waals surface area contributed by atoms with Gasteiger partial charge in [0.05, 0.1) is 6.10 Å². The van der Waals surface area contributed by atoms with E-state index < -0.39 is 81.8 Å². The molecule has 4 rings (SSSR count). The fraction of sp³-hybridized carbons (Fsp3) is 0.286. The maximum absolute atomic E-state index is 13.2. The van der Waals surface area contributed by atoms with Gasteiger partial charge in [-0.15, -0.1) is 0 Å². The second-order valence-electron chi connectivity index (χ2n) is 7.59. The first-order valence-corrected chi connectivity index (χ1v) is 9.64. The van der Waals surface area contributed by atoms with Crippen molar-refractivity contribution in [1.82, 2.24) is 0 Å². The molecule has 1 aliphatic rings. The van der Waals surface area contributed by atoms with Crippen LogP contribution in [0.4, 0.5) is 0 Å². The zero-order valence-electron chi connectivity index (χ0n) is 17.9. The first-order chi connectivity index (χ1) is 15.5. The summed E-state index contributed by atoms with van der Waals surface area (Å²) >= 11 is 0. The van der Waals surface area contributed by atoms with Crippen LogP contribution in [0.3, 0.4) is 0 Å². The summed E-state index contributed by atoms with van der Waals surface area (Å²) in [7, 11) is 0. The van der Waals surface area contributed by atoms with Crippen molar-refractivity contribution >= 4 is 11.0 Å². The summed E-state index contributed by atoms with van der Waals surface area (Å²) in [5.41, 5.74) is -1.45. The predicted molar refractivity (Wildman–Crippen MR) is 116 cm³/mol. The zero-order valence-corrected chi connectivity index (χ0v) is 17.9. The van der Waals surface area contributed by atoms with Gasteiger partial charge in [-0.1, -0.05) is 0 Å². The SMILES string of the molecule is CC1O[C@@H](Oc2c(-c3cc(O)c(O)c(O)c3)oc3cc(O)cc(O)c3c2=O)C(O)[C@@H](O)[C@H]1O.O.O. The van der Waals surface area contributed by atoms with Crippen LogP contribution in [0, 0.1) is 0 Å². The second kappa shape index (κ2) is 9.83. The Bertz CT molecular complexity index is 1260. The van der Waals surface area contributed by atoms with E-state index in [1.165, 1.54) is 6.92 Å². The fourth-order valence-electron chi connectivity index (χ4n) is 3.53. The number of phenolic OH excluding ortho intramolecular Hbond substituents is 5. The van der Waals surface area contributed by atoms with E-state index in [2.05, 4.69) is 0 Å². The second-order valence-corrected chi connectivity index (χ2v) is 7.59. The monoisotopic (exact) mass is 500 g/mol. The lowest BCUT2D eigenvalue weighted by atomic mass is 10.00. The Morgan fingerprint density at radius 1 is 0.829 bits per heavy atom. The molecule has 14 heteroatoms. The Balaban J connectivity index is 0.00000216. The van der Waals surface area contributed by atoms with Crippen molar-refractivity contribution in [2.24, 2.45) is 0 Å². The van der Waals surface area contributed by atoms with Crippen molar-refractivity contribution in [3.05, 3.63) is 34.5 Å². The van der Waals surface area contributed by atoms with Crippen molar-refractivity contribution in [2.75, 3.05) is 0 Å². The van der Waals surface area contributed by atoms with Gasteiger partial charge in [0.15, 0.2) is 23.0 Å². The van der Waals surface area contributed by atoms with Crippen molar-refractivity contribution < 1.29 is 65.7 Å². The van der Waals surface area contributed by atoms with Crippen molar-refractivity contribution in [3.8, 4) is 45.8 Å². The summed E-state index contributed by atoms with van der Waals surface area (Å²) in [5, 5.41) is 79.1. The predicted octanol–water partition coefficient (Wildman–Crippen LogP) is -1.46. The third-order valence-corrected chi connectivity index (χ3v) is 5.29. The smallest absolute Gasteiger partial charge is 0.239 e. The van der Waals surface area contributed by atoms with Crippen LogP contribution in [0.5, 0.6) is 34.5 Å².